The molecule has 0 aromatic heterocycles. The highest BCUT2D eigenvalue weighted by Crippen LogP contribution is 2.29. The van der Waals surface area contributed by atoms with Crippen LogP contribution in [0.5, 0.6) is 0 Å². The lowest BCUT2D eigenvalue weighted by molar-refractivity contribution is -0.132. The van der Waals surface area contributed by atoms with Gasteiger partial charge in [0, 0.05) is 43.4 Å². The van der Waals surface area contributed by atoms with Gasteiger partial charge in [0.1, 0.15) is 0 Å². The highest BCUT2D eigenvalue weighted by Gasteiger charge is 2.33. The van der Waals surface area contributed by atoms with Gasteiger partial charge in [-0.1, -0.05) is 23.9 Å². The SMILES string of the molecule is NC(=O)c1ccc(CN(C(=O)CCN2CCSC2=O)C2CC2)cc1. The normalized spacial score (nSPS) is 17.2. The largest absolute Gasteiger partial charge is 0.366 e. The van der Waals surface area contributed by atoms with Crippen molar-refractivity contribution < 1.29 is 14.4 Å². The lowest BCUT2D eigenvalue weighted by Gasteiger charge is -2.24. The monoisotopic (exact) mass is 347 g/mol. The Hall–Kier alpha value is -2.02. The van der Waals surface area contributed by atoms with Gasteiger partial charge < -0.3 is 15.5 Å². The van der Waals surface area contributed by atoms with Crippen LogP contribution in [-0.4, -0.2) is 51.7 Å². The molecule has 1 aliphatic carbocycles. The molecule has 0 unspecified atom stereocenters. The second-order valence-corrected chi connectivity index (χ2v) is 7.21. The number of carbonyl (C=O) groups excluding carboxylic acids is 3. The summed E-state index contributed by atoms with van der Waals surface area (Å²) in [5, 5.41) is 0.0720. The molecule has 24 heavy (non-hydrogen) atoms. The van der Waals surface area contributed by atoms with Gasteiger partial charge >= 0.3 is 0 Å². The first-order valence-corrected chi connectivity index (χ1v) is 9.13. The molecule has 1 aliphatic heterocycles. The molecule has 0 atom stereocenters. The Morgan fingerprint density at radius 1 is 1.25 bits per heavy atom. The molecule has 3 rings (SSSR count). The van der Waals surface area contributed by atoms with Gasteiger partial charge in [0.25, 0.3) is 5.24 Å². The fraction of sp³-hybridized carbons (Fsp3) is 0.471. The van der Waals surface area contributed by atoms with E-state index in [2.05, 4.69) is 0 Å². The Morgan fingerprint density at radius 3 is 2.50 bits per heavy atom. The van der Waals surface area contributed by atoms with E-state index in [1.165, 1.54) is 11.8 Å². The van der Waals surface area contributed by atoms with Crippen molar-refractivity contribution in [1.29, 1.82) is 0 Å². The zero-order valence-electron chi connectivity index (χ0n) is 13.4. The number of amides is 3. The summed E-state index contributed by atoms with van der Waals surface area (Å²) in [4.78, 5) is 38.9. The summed E-state index contributed by atoms with van der Waals surface area (Å²) in [6, 6.07) is 7.35. The number of nitrogens with two attached hydrogens (primary N) is 1. The lowest BCUT2D eigenvalue weighted by atomic mass is 10.1. The first-order valence-electron chi connectivity index (χ1n) is 8.14. The number of rotatable bonds is 7. The van der Waals surface area contributed by atoms with E-state index in [0.29, 0.717) is 31.1 Å². The fourth-order valence-corrected chi connectivity index (χ4v) is 3.63. The topological polar surface area (TPSA) is 83.7 Å². The summed E-state index contributed by atoms with van der Waals surface area (Å²) in [6.45, 7) is 1.76. The number of primary amides is 1. The van der Waals surface area contributed by atoms with Gasteiger partial charge in [0.2, 0.25) is 11.8 Å². The molecule has 128 valence electrons. The van der Waals surface area contributed by atoms with Gasteiger partial charge in [-0.05, 0) is 30.5 Å². The Morgan fingerprint density at radius 2 is 1.96 bits per heavy atom. The maximum atomic E-state index is 12.6. The minimum atomic E-state index is -0.454. The van der Waals surface area contributed by atoms with Crippen LogP contribution in [0.15, 0.2) is 24.3 Å². The van der Waals surface area contributed by atoms with Crippen LogP contribution in [0.1, 0.15) is 35.2 Å². The second kappa shape index (κ2) is 7.25. The molecule has 0 radical (unpaired) electrons. The number of hydrogen-bond acceptors (Lipinski definition) is 4. The van der Waals surface area contributed by atoms with E-state index in [0.717, 1.165) is 30.7 Å². The minimum Gasteiger partial charge on any atom is -0.366 e. The predicted octanol–water partition coefficient (Wildman–Crippen LogP) is 1.84. The first kappa shape index (κ1) is 16.8. The Balaban J connectivity index is 1.58. The third-order valence-corrected chi connectivity index (χ3v) is 5.23. The summed E-state index contributed by atoms with van der Waals surface area (Å²) < 4.78 is 0. The highest BCUT2D eigenvalue weighted by atomic mass is 32.2. The molecule has 6 nitrogen and oxygen atoms in total. The van der Waals surface area contributed by atoms with Crippen LogP contribution in [0.2, 0.25) is 0 Å². The fourth-order valence-electron chi connectivity index (χ4n) is 2.78. The second-order valence-electron chi connectivity index (χ2n) is 6.17. The zero-order valence-corrected chi connectivity index (χ0v) is 14.3. The zero-order chi connectivity index (χ0) is 17.1. The van der Waals surface area contributed by atoms with Crippen LogP contribution in [-0.2, 0) is 11.3 Å². The summed E-state index contributed by atoms with van der Waals surface area (Å²) in [6.07, 6.45) is 2.43. The van der Waals surface area contributed by atoms with Crippen molar-refractivity contribution in [3.63, 3.8) is 0 Å². The number of benzene rings is 1. The number of carbonyl (C=O) groups is 3. The van der Waals surface area contributed by atoms with Crippen LogP contribution in [0.25, 0.3) is 0 Å². The smallest absolute Gasteiger partial charge is 0.281 e. The minimum absolute atomic E-state index is 0.0720. The molecular formula is C17H21N3O3S. The van der Waals surface area contributed by atoms with E-state index in [9.17, 15) is 14.4 Å². The van der Waals surface area contributed by atoms with Gasteiger partial charge in [0.15, 0.2) is 0 Å². The highest BCUT2D eigenvalue weighted by molar-refractivity contribution is 8.13. The molecule has 7 heteroatoms. The van der Waals surface area contributed by atoms with Gasteiger partial charge in [0.05, 0.1) is 0 Å². The van der Waals surface area contributed by atoms with E-state index in [4.69, 9.17) is 5.73 Å². The van der Waals surface area contributed by atoms with Crippen molar-refractivity contribution in [2.24, 2.45) is 5.73 Å². The van der Waals surface area contributed by atoms with E-state index in [-0.39, 0.29) is 11.1 Å². The molecule has 1 heterocycles. The molecule has 2 aliphatic rings. The van der Waals surface area contributed by atoms with Crippen LogP contribution in [0, 0.1) is 0 Å². The van der Waals surface area contributed by atoms with Crippen molar-refractivity contribution in [2.75, 3.05) is 18.8 Å². The number of thioether (sulfide) groups is 1. The average molecular weight is 347 g/mol. The summed E-state index contributed by atoms with van der Waals surface area (Å²) in [7, 11) is 0. The molecule has 2 fully saturated rings. The molecular weight excluding hydrogens is 326 g/mol. The molecule has 1 saturated carbocycles. The van der Waals surface area contributed by atoms with E-state index in [1.807, 2.05) is 17.0 Å². The van der Waals surface area contributed by atoms with Crippen molar-refractivity contribution in [2.45, 2.75) is 31.8 Å². The van der Waals surface area contributed by atoms with Crippen molar-refractivity contribution >= 4 is 28.8 Å². The number of nitrogens with zero attached hydrogens (tertiary/aromatic N) is 2. The molecule has 3 amide bonds. The van der Waals surface area contributed by atoms with Crippen LogP contribution >= 0.6 is 11.8 Å². The van der Waals surface area contributed by atoms with E-state index < -0.39 is 5.91 Å². The van der Waals surface area contributed by atoms with Crippen LogP contribution < -0.4 is 5.73 Å². The third-order valence-electron chi connectivity index (χ3n) is 4.34. The summed E-state index contributed by atoms with van der Waals surface area (Å²) in [5.41, 5.74) is 6.69. The Kier molecular flexibility index (Phi) is 5.08. The first-order chi connectivity index (χ1) is 11.5. The average Bonchev–Trinajstić information content (AvgIpc) is 3.33. The van der Waals surface area contributed by atoms with E-state index in [1.54, 1.807) is 17.0 Å². The molecule has 1 aromatic rings. The Labute approximate surface area is 145 Å². The van der Waals surface area contributed by atoms with Gasteiger partial charge in [-0.25, -0.2) is 0 Å². The summed E-state index contributed by atoms with van der Waals surface area (Å²) >= 11 is 1.31. The van der Waals surface area contributed by atoms with E-state index >= 15 is 0 Å². The molecule has 0 bridgehead atoms. The van der Waals surface area contributed by atoms with Gasteiger partial charge in [-0.15, -0.1) is 0 Å². The maximum absolute atomic E-state index is 12.6. The van der Waals surface area contributed by atoms with Gasteiger partial charge in [-0.3, -0.25) is 14.4 Å². The summed E-state index contributed by atoms with van der Waals surface area (Å²) in [5.74, 6) is 0.442. The predicted molar refractivity (Wildman–Crippen MR) is 92.6 cm³/mol. The molecule has 1 saturated heterocycles. The van der Waals surface area contributed by atoms with Gasteiger partial charge in [-0.2, -0.15) is 0 Å². The van der Waals surface area contributed by atoms with Crippen LogP contribution in [0.4, 0.5) is 4.79 Å². The van der Waals surface area contributed by atoms with Crippen molar-refractivity contribution in [3.05, 3.63) is 35.4 Å². The lowest BCUT2D eigenvalue weighted by Crippen LogP contribution is -2.35. The Bertz CT molecular complexity index is 643. The molecule has 2 N–H and O–H groups in total. The van der Waals surface area contributed by atoms with Crippen molar-refractivity contribution in [3.8, 4) is 0 Å². The molecule has 1 aromatic carbocycles. The third kappa shape index (κ3) is 4.08. The maximum Gasteiger partial charge on any atom is 0.281 e. The molecule has 0 spiro atoms. The number of hydrogen-bond donors (Lipinski definition) is 1. The van der Waals surface area contributed by atoms with Crippen LogP contribution in [0.3, 0.4) is 0 Å². The van der Waals surface area contributed by atoms with Crippen molar-refractivity contribution in [1.82, 2.24) is 9.80 Å². The standard InChI is InChI=1S/C17H21N3O3S/c18-16(22)13-3-1-12(2-4-13)11-20(14-5-6-14)15(21)7-8-19-9-10-24-17(19)23/h1-4,14H,5-11H2,(H2,18,22). The quantitative estimate of drug-likeness (QED) is 0.816.